The molecule has 0 radical (unpaired) electrons. The van der Waals surface area contributed by atoms with Crippen LogP contribution in [0.25, 0.3) is 0 Å². The number of carbonyl (C=O) groups is 1. The molecular formula is C10H20N2O4S. The fraction of sp³-hybridized carbons (Fsp3) is 0.900. The molecule has 1 heterocycles. The zero-order valence-corrected chi connectivity index (χ0v) is 10.9. The first-order valence-electron chi connectivity index (χ1n) is 5.88. The topological polar surface area (TPSA) is 89.7 Å². The largest absolute Gasteiger partial charge is 0.449 e. The summed E-state index contributed by atoms with van der Waals surface area (Å²) in [7, 11) is -3.57. The number of amides is 1. The highest BCUT2D eigenvalue weighted by atomic mass is 32.2. The van der Waals surface area contributed by atoms with Crippen molar-refractivity contribution in [2.45, 2.75) is 37.9 Å². The van der Waals surface area contributed by atoms with E-state index >= 15 is 0 Å². The van der Waals surface area contributed by atoms with Gasteiger partial charge < -0.3 is 9.64 Å². The standard InChI is InChI=1S/C10H20N2O4S/c1-2-3-7-16-10(13)12-6-4-5-9(8-12)17(11,14)15/h9H,2-8H2,1H3,(H2,11,14,15)/t9-/m0/s1. The molecule has 7 heteroatoms. The molecule has 0 saturated carbocycles. The molecule has 0 bridgehead atoms. The van der Waals surface area contributed by atoms with Gasteiger partial charge in [-0.25, -0.2) is 18.4 Å². The van der Waals surface area contributed by atoms with Crippen LogP contribution in [0.2, 0.25) is 0 Å². The number of sulfonamides is 1. The fourth-order valence-electron chi connectivity index (χ4n) is 1.77. The fourth-order valence-corrected chi connectivity index (χ4v) is 2.65. The van der Waals surface area contributed by atoms with Crippen molar-refractivity contribution in [2.75, 3.05) is 19.7 Å². The van der Waals surface area contributed by atoms with Gasteiger partial charge in [-0.05, 0) is 19.3 Å². The van der Waals surface area contributed by atoms with Gasteiger partial charge in [0.2, 0.25) is 10.0 Å². The van der Waals surface area contributed by atoms with Crippen LogP contribution in [-0.2, 0) is 14.8 Å². The van der Waals surface area contributed by atoms with Crippen LogP contribution in [0, 0.1) is 0 Å². The Kier molecular flexibility index (Phi) is 5.20. The Morgan fingerprint density at radius 1 is 1.53 bits per heavy atom. The molecule has 100 valence electrons. The molecule has 6 nitrogen and oxygen atoms in total. The second-order valence-corrected chi connectivity index (χ2v) is 6.11. The lowest BCUT2D eigenvalue weighted by Gasteiger charge is -2.30. The predicted molar refractivity (Wildman–Crippen MR) is 64.0 cm³/mol. The number of unbranched alkanes of at least 4 members (excludes halogenated alkanes) is 1. The second-order valence-electron chi connectivity index (χ2n) is 4.27. The van der Waals surface area contributed by atoms with Crippen LogP contribution in [0.1, 0.15) is 32.6 Å². The van der Waals surface area contributed by atoms with Crippen LogP contribution in [-0.4, -0.2) is 44.4 Å². The number of piperidine rings is 1. The molecule has 1 saturated heterocycles. The monoisotopic (exact) mass is 264 g/mol. The van der Waals surface area contributed by atoms with Crippen LogP contribution in [0.4, 0.5) is 4.79 Å². The summed E-state index contributed by atoms with van der Waals surface area (Å²) in [5.74, 6) is 0. The highest BCUT2D eigenvalue weighted by Gasteiger charge is 2.30. The van der Waals surface area contributed by atoms with Gasteiger partial charge in [-0.1, -0.05) is 13.3 Å². The number of likely N-dealkylation sites (tertiary alicyclic amines) is 1. The van der Waals surface area contributed by atoms with E-state index in [1.807, 2.05) is 6.92 Å². The third-order valence-corrected chi connectivity index (χ3v) is 4.14. The molecule has 0 aromatic heterocycles. The van der Waals surface area contributed by atoms with Crippen LogP contribution in [0.5, 0.6) is 0 Å². The molecular weight excluding hydrogens is 244 g/mol. The van der Waals surface area contributed by atoms with Gasteiger partial charge in [-0.2, -0.15) is 0 Å². The number of hydrogen-bond acceptors (Lipinski definition) is 4. The molecule has 1 aliphatic heterocycles. The van der Waals surface area contributed by atoms with Crippen LogP contribution >= 0.6 is 0 Å². The lowest BCUT2D eigenvalue weighted by molar-refractivity contribution is 0.0946. The summed E-state index contributed by atoms with van der Waals surface area (Å²) in [4.78, 5) is 13.0. The summed E-state index contributed by atoms with van der Waals surface area (Å²) in [6.45, 7) is 3.07. The van der Waals surface area contributed by atoms with Gasteiger partial charge in [-0.3, -0.25) is 0 Å². The Bertz CT molecular complexity index is 355. The highest BCUT2D eigenvalue weighted by Crippen LogP contribution is 2.16. The van der Waals surface area contributed by atoms with E-state index < -0.39 is 21.4 Å². The van der Waals surface area contributed by atoms with Crippen LogP contribution < -0.4 is 5.14 Å². The van der Waals surface area contributed by atoms with E-state index in [4.69, 9.17) is 9.88 Å². The molecule has 0 aromatic rings. The quantitative estimate of drug-likeness (QED) is 0.756. The number of ether oxygens (including phenoxy) is 1. The Morgan fingerprint density at radius 2 is 2.24 bits per heavy atom. The van der Waals surface area contributed by atoms with Crippen molar-refractivity contribution in [1.29, 1.82) is 0 Å². The Hall–Kier alpha value is -0.820. The zero-order chi connectivity index (χ0) is 12.9. The van der Waals surface area contributed by atoms with E-state index in [-0.39, 0.29) is 6.54 Å². The lowest BCUT2D eigenvalue weighted by Crippen LogP contribution is -2.47. The summed E-state index contributed by atoms with van der Waals surface area (Å²) in [6, 6.07) is 0. The molecule has 1 amide bonds. The number of primary sulfonamides is 1. The van der Waals surface area contributed by atoms with Gasteiger partial charge in [0.25, 0.3) is 0 Å². The summed E-state index contributed by atoms with van der Waals surface area (Å²) in [5.41, 5.74) is 0. The highest BCUT2D eigenvalue weighted by molar-refractivity contribution is 7.89. The van der Waals surface area contributed by atoms with Crippen molar-refractivity contribution in [2.24, 2.45) is 5.14 Å². The van der Waals surface area contributed by atoms with Crippen molar-refractivity contribution >= 4 is 16.1 Å². The van der Waals surface area contributed by atoms with Crippen molar-refractivity contribution in [3.8, 4) is 0 Å². The average molecular weight is 264 g/mol. The molecule has 1 aliphatic rings. The van der Waals surface area contributed by atoms with Crippen molar-refractivity contribution < 1.29 is 17.9 Å². The molecule has 1 fully saturated rings. The molecule has 0 unspecified atom stereocenters. The van der Waals surface area contributed by atoms with Crippen molar-refractivity contribution in [3.05, 3.63) is 0 Å². The normalized spacial score (nSPS) is 21.3. The van der Waals surface area contributed by atoms with E-state index in [1.165, 1.54) is 4.90 Å². The Balaban J connectivity index is 2.46. The average Bonchev–Trinajstić information content (AvgIpc) is 2.28. The van der Waals surface area contributed by atoms with Crippen LogP contribution in [0.3, 0.4) is 0 Å². The van der Waals surface area contributed by atoms with Gasteiger partial charge in [0.1, 0.15) is 0 Å². The number of carbonyl (C=O) groups excluding carboxylic acids is 1. The summed E-state index contributed by atoms with van der Waals surface area (Å²) >= 11 is 0. The minimum atomic E-state index is -3.57. The number of nitrogens with zero attached hydrogens (tertiary/aromatic N) is 1. The molecule has 0 spiro atoms. The SMILES string of the molecule is CCCCOC(=O)N1CCC[C@H](S(N)(=O)=O)C1. The lowest BCUT2D eigenvalue weighted by atomic mass is 10.1. The maximum absolute atomic E-state index is 11.6. The third-order valence-electron chi connectivity index (χ3n) is 2.82. The minimum absolute atomic E-state index is 0.143. The van der Waals surface area contributed by atoms with E-state index in [2.05, 4.69) is 0 Å². The van der Waals surface area contributed by atoms with Gasteiger partial charge in [0.05, 0.1) is 11.9 Å². The van der Waals surface area contributed by atoms with Crippen molar-refractivity contribution in [3.63, 3.8) is 0 Å². The third kappa shape index (κ3) is 4.51. The van der Waals surface area contributed by atoms with Gasteiger partial charge in [0.15, 0.2) is 0 Å². The maximum Gasteiger partial charge on any atom is 0.409 e. The summed E-state index contributed by atoms with van der Waals surface area (Å²) < 4.78 is 27.5. The van der Waals surface area contributed by atoms with Gasteiger partial charge in [-0.15, -0.1) is 0 Å². The molecule has 17 heavy (non-hydrogen) atoms. The first kappa shape index (κ1) is 14.2. The Morgan fingerprint density at radius 3 is 2.82 bits per heavy atom. The van der Waals surface area contributed by atoms with E-state index in [9.17, 15) is 13.2 Å². The first-order chi connectivity index (χ1) is 7.95. The van der Waals surface area contributed by atoms with E-state index in [0.717, 1.165) is 12.8 Å². The molecule has 1 atom stereocenters. The molecule has 1 rings (SSSR count). The van der Waals surface area contributed by atoms with E-state index in [0.29, 0.717) is 26.0 Å². The van der Waals surface area contributed by atoms with Gasteiger partial charge in [0, 0.05) is 13.1 Å². The molecule has 0 aliphatic carbocycles. The van der Waals surface area contributed by atoms with Crippen molar-refractivity contribution in [1.82, 2.24) is 4.90 Å². The molecule has 0 aromatic carbocycles. The number of nitrogens with two attached hydrogens (primary N) is 1. The summed E-state index contributed by atoms with van der Waals surface area (Å²) in [5, 5.41) is 4.43. The molecule has 2 N–H and O–H groups in total. The van der Waals surface area contributed by atoms with Gasteiger partial charge >= 0.3 is 6.09 Å². The maximum atomic E-state index is 11.6. The number of rotatable bonds is 4. The second kappa shape index (κ2) is 6.20. The summed E-state index contributed by atoms with van der Waals surface area (Å²) in [6.07, 6.45) is 2.49. The minimum Gasteiger partial charge on any atom is -0.449 e. The number of hydrogen-bond donors (Lipinski definition) is 1. The first-order valence-corrected chi connectivity index (χ1v) is 7.49. The Labute approximate surface area is 102 Å². The zero-order valence-electron chi connectivity index (χ0n) is 10.1. The predicted octanol–water partition coefficient (Wildman–Crippen LogP) is 0.676. The van der Waals surface area contributed by atoms with E-state index in [1.54, 1.807) is 0 Å². The van der Waals surface area contributed by atoms with Crippen LogP contribution in [0.15, 0.2) is 0 Å². The smallest absolute Gasteiger partial charge is 0.409 e.